The maximum absolute atomic E-state index is 14.0. The highest BCUT2D eigenvalue weighted by atomic mass is 19.4. The number of hydrogen-bond donors (Lipinski definition) is 1. The first-order valence-electron chi connectivity index (χ1n) is 11.5. The third-order valence-electron chi connectivity index (χ3n) is 6.53. The summed E-state index contributed by atoms with van der Waals surface area (Å²) in [6.45, 7) is 0. The lowest BCUT2D eigenvalue weighted by molar-refractivity contribution is -0.138. The molecular weight excluding hydrogens is 510 g/mol. The highest BCUT2D eigenvalue weighted by Crippen LogP contribution is 2.51. The van der Waals surface area contributed by atoms with Crippen molar-refractivity contribution in [3.05, 3.63) is 118 Å². The molecule has 3 nitrogen and oxygen atoms in total. The minimum atomic E-state index is -4.74. The van der Waals surface area contributed by atoms with E-state index in [0.717, 1.165) is 24.3 Å². The lowest BCUT2D eigenvalue weighted by Gasteiger charge is -2.24. The van der Waals surface area contributed by atoms with Gasteiger partial charge < -0.3 is 9.84 Å². The summed E-state index contributed by atoms with van der Waals surface area (Å²) in [4.78, 5) is 13.2. The second-order valence-electron chi connectivity index (χ2n) is 8.79. The van der Waals surface area contributed by atoms with Crippen LogP contribution in [-0.2, 0) is 17.1 Å². The van der Waals surface area contributed by atoms with Crippen molar-refractivity contribution in [3.63, 3.8) is 0 Å². The van der Waals surface area contributed by atoms with Gasteiger partial charge >= 0.3 is 12.4 Å². The minimum absolute atomic E-state index is 0.199. The molecule has 9 heteroatoms. The zero-order valence-corrected chi connectivity index (χ0v) is 20.0. The number of halogens is 6. The Morgan fingerprint density at radius 1 is 0.868 bits per heavy atom. The standard InChI is InChI=1S/C29H22F6O3/c1-38-19-13-10-17(11-14-19)21-16-25(37)27(26(21)20-7-3-5-9-23(20)29(33,34)35)24(36)15-12-18-6-2-4-8-22(18)28(30,31)32/h2-15,21,26,36H,16H2,1H3/b15-12+,27-24+/t21-,26-/m0/s1. The first-order valence-corrected chi connectivity index (χ1v) is 11.5. The number of alkyl halides is 6. The predicted octanol–water partition coefficient (Wildman–Crippen LogP) is 8.10. The van der Waals surface area contributed by atoms with Crippen molar-refractivity contribution in [3.8, 4) is 5.75 Å². The van der Waals surface area contributed by atoms with Crippen molar-refractivity contribution in [2.75, 3.05) is 7.11 Å². The second kappa shape index (κ2) is 10.4. The van der Waals surface area contributed by atoms with Crippen molar-refractivity contribution in [2.24, 2.45) is 0 Å². The van der Waals surface area contributed by atoms with Gasteiger partial charge in [-0.25, -0.2) is 0 Å². The monoisotopic (exact) mass is 532 g/mol. The SMILES string of the molecule is COc1ccc([C@@H]2CC(=O)/C(=C(O)/C=C/c3ccccc3C(F)(F)F)[C@H]2c2ccccc2C(F)(F)F)cc1. The summed E-state index contributed by atoms with van der Waals surface area (Å²) in [7, 11) is 1.46. The Morgan fingerprint density at radius 2 is 1.45 bits per heavy atom. The molecule has 0 saturated heterocycles. The Bertz CT molecular complexity index is 1380. The van der Waals surface area contributed by atoms with E-state index >= 15 is 0 Å². The van der Waals surface area contributed by atoms with Crippen molar-refractivity contribution < 1.29 is 41.0 Å². The van der Waals surface area contributed by atoms with E-state index in [4.69, 9.17) is 4.74 Å². The van der Waals surface area contributed by atoms with Gasteiger partial charge in [-0.2, -0.15) is 26.3 Å². The summed E-state index contributed by atoms with van der Waals surface area (Å²) >= 11 is 0. The Kier molecular flexibility index (Phi) is 7.40. The number of methoxy groups -OCH3 is 1. The molecule has 0 aliphatic heterocycles. The molecule has 4 rings (SSSR count). The third-order valence-corrected chi connectivity index (χ3v) is 6.53. The van der Waals surface area contributed by atoms with Crippen LogP contribution in [0.15, 0.2) is 90.2 Å². The average molecular weight is 532 g/mol. The molecule has 198 valence electrons. The van der Waals surface area contributed by atoms with Crippen molar-refractivity contribution >= 4 is 11.9 Å². The molecule has 38 heavy (non-hydrogen) atoms. The van der Waals surface area contributed by atoms with Gasteiger partial charge in [0.05, 0.1) is 18.2 Å². The fourth-order valence-corrected chi connectivity index (χ4v) is 4.82. The number of benzene rings is 3. The maximum atomic E-state index is 14.0. The summed E-state index contributed by atoms with van der Waals surface area (Å²) in [5.41, 5.74) is -2.13. The van der Waals surface area contributed by atoms with E-state index < -0.39 is 46.9 Å². The van der Waals surface area contributed by atoms with Crippen molar-refractivity contribution in [1.29, 1.82) is 0 Å². The van der Waals surface area contributed by atoms with Crippen LogP contribution in [0.25, 0.3) is 6.08 Å². The number of allylic oxidation sites excluding steroid dienone is 2. The summed E-state index contributed by atoms with van der Waals surface area (Å²) in [6, 6.07) is 15.9. The van der Waals surface area contributed by atoms with Crippen LogP contribution < -0.4 is 4.74 Å². The summed E-state index contributed by atoms with van der Waals surface area (Å²) < 4.78 is 87.3. The molecule has 1 aliphatic carbocycles. The van der Waals surface area contributed by atoms with Gasteiger partial charge in [0.25, 0.3) is 0 Å². The molecule has 0 unspecified atom stereocenters. The van der Waals surface area contributed by atoms with E-state index in [1.54, 1.807) is 24.3 Å². The number of ketones is 1. The van der Waals surface area contributed by atoms with Crippen molar-refractivity contribution in [2.45, 2.75) is 30.6 Å². The Morgan fingerprint density at radius 3 is 2.05 bits per heavy atom. The van der Waals surface area contributed by atoms with E-state index in [9.17, 15) is 36.2 Å². The highest BCUT2D eigenvalue weighted by Gasteiger charge is 2.45. The smallest absolute Gasteiger partial charge is 0.416 e. The third kappa shape index (κ3) is 5.46. The highest BCUT2D eigenvalue weighted by molar-refractivity contribution is 6.01. The van der Waals surface area contributed by atoms with Crippen LogP contribution in [0.1, 0.15) is 46.1 Å². The summed E-state index contributed by atoms with van der Waals surface area (Å²) in [6.07, 6.45) is -7.69. The molecule has 0 amide bonds. The van der Waals surface area contributed by atoms with E-state index in [2.05, 4.69) is 0 Å². The zero-order valence-electron chi connectivity index (χ0n) is 20.0. The summed E-state index contributed by atoms with van der Waals surface area (Å²) in [5.74, 6) is -2.74. The zero-order chi connectivity index (χ0) is 27.7. The normalized spacial score (nSPS) is 19.7. The lowest BCUT2D eigenvalue weighted by atomic mass is 9.80. The molecule has 0 radical (unpaired) electrons. The van der Waals surface area contributed by atoms with E-state index in [0.29, 0.717) is 11.3 Å². The molecule has 3 aromatic carbocycles. The van der Waals surface area contributed by atoms with Gasteiger partial charge in [-0.1, -0.05) is 54.6 Å². The number of hydrogen-bond acceptors (Lipinski definition) is 3. The van der Waals surface area contributed by atoms with Gasteiger partial charge in [0, 0.05) is 23.8 Å². The van der Waals surface area contributed by atoms with Gasteiger partial charge in [-0.15, -0.1) is 0 Å². The van der Waals surface area contributed by atoms with Crippen LogP contribution in [0.2, 0.25) is 0 Å². The number of carbonyl (C=O) groups is 1. The number of aliphatic hydroxyl groups excluding tert-OH is 1. The van der Waals surface area contributed by atoms with E-state index in [-0.39, 0.29) is 23.1 Å². The Balaban J connectivity index is 1.87. The molecule has 0 bridgehead atoms. The van der Waals surface area contributed by atoms with Crippen LogP contribution in [0, 0.1) is 0 Å². The first kappa shape index (κ1) is 27.0. The number of Topliss-reactive ketones (excluding diaryl/α,β-unsaturated/α-hetero) is 1. The van der Waals surface area contributed by atoms with Crippen LogP contribution in [0.3, 0.4) is 0 Å². The number of rotatable bonds is 5. The fraction of sp³-hybridized carbons (Fsp3) is 0.207. The Labute approximate surface area is 214 Å². The molecule has 3 aromatic rings. The first-order chi connectivity index (χ1) is 17.9. The predicted molar refractivity (Wildman–Crippen MR) is 130 cm³/mol. The van der Waals surface area contributed by atoms with E-state index in [1.165, 1.54) is 43.5 Å². The molecule has 1 N–H and O–H groups in total. The van der Waals surface area contributed by atoms with Gasteiger partial charge in [0.1, 0.15) is 11.5 Å². The van der Waals surface area contributed by atoms with Crippen LogP contribution in [-0.4, -0.2) is 18.0 Å². The van der Waals surface area contributed by atoms with Gasteiger partial charge in [0.15, 0.2) is 5.78 Å². The molecular formula is C29H22F6O3. The molecule has 2 atom stereocenters. The van der Waals surface area contributed by atoms with Crippen molar-refractivity contribution in [1.82, 2.24) is 0 Å². The number of aliphatic hydroxyl groups is 1. The quantitative estimate of drug-likeness (QED) is 0.205. The van der Waals surface area contributed by atoms with Gasteiger partial charge in [-0.05, 0) is 47.0 Å². The second-order valence-corrected chi connectivity index (χ2v) is 8.79. The van der Waals surface area contributed by atoms with Crippen LogP contribution in [0.5, 0.6) is 5.75 Å². The minimum Gasteiger partial charge on any atom is -0.508 e. The fourth-order valence-electron chi connectivity index (χ4n) is 4.82. The van der Waals surface area contributed by atoms with Gasteiger partial charge in [-0.3, -0.25) is 4.79 Å². The molecule has 1 aliphatic rings. The molecule has 1 fully saturated rings. The Hall–Kier alpha value is -4.01. The molecule has 0 spiro atoms. The average Bonchev–Trinajstić information content (AvgIpc) is 3.23. The lowest BCUT2D eigenvalue weighted by Crippen LogP contribution is -2.16. The van der Waals surface area contributed by atoms with Crippen LogP contribution in [0.4, 0.5) is 26.3 Å². The number of ether oxygens (including phenoxy) is 1. The summed E-state index contributed by atoms with van der Waals surface area (Å²) in [5, 5.41) is 10.9. The molecule has 0 heterocycles. The van der Waals surface area contributed by atoms with Crippen LogP contribution >= 0.6 is 0 Å². The van der Waals surface area contributed by atoms with E-state index in [1.807, 2.05) is 0 Å². The largest absolute Gasteiger partial charge is 0.508 e. The number of carbonyl (C=O) groups excluding carboxylic acids is 1. The molecule has 0 aromatic heterocycles. The topological polar surface area (TPSA) is 46.5 Å². The molecule has 1 saturated carbocycles. The van der Waals surface area contributed by atoms with Gasteiger partial charge in [0.2, 0.25) is 0 Å². The maximum Gasteiger partial charge on any atom is 0.416 e.